The van der Waals surface area contributed by atoms with E-state index in [4.69, 9.17) is 23.2 Å². The molecule has 0 heterocycles. The average Bonchev–Trinajstić information content (AvgIpc) is 2.19. The number of nitrogens with one attached hydrogen (secondary N) is 1. The van der Waals surface area contributed by atoms with E-state index in [1.807, 2.05) is 0 Å². The Bertz CT molecular complexity index is 373. The lowest BCUT2D eigenvalue weighted by molar-refractivity contribution is -0.113. The van der Waals surface area contributed by atoms with Gasteiger partial charge in [-0.25, -0.2) is 0 Å². The zero-order chi connectivity index (χ0) is 10.7. The van der Waals surface area contributed by atoms with Gasteiger partial charge in [-0.2, -0.15) is 12.6 Å². The van der Waals surface area contributed by atoms with E-state index in [2.05, 4.69) is 33.9 Å². The molecule has 0 aliphatic carbocycles. The first-order valence-electron chi connectivity index (χ1n) is 3.60. The van der Waals surface area contributed by atoms with Crippen molar-refractivity contribution in [2.24, 2.45) is 0 Å². The zero-order valence-corrected chi connectivity index (χ0v) is 10.8. The predicted molar refractivity (Wildman–Crippen MR) is 66.6 cm³/mol. The van der Waals surface area contributed by atoms with Crippen LogP contribution in [0.4, 0.5) is 5.69 Å². The maximum atomic E-state index is 11.0. The second kappa shape index (κ2) is 5.26. The first-order chi connectivity index (χ1) is 6.56. The molecule has 1 amide bonds. The van der Waals surface area contributed by atoms with Gasteiger partial charge in [-0.05, 0) is 28.1 Å². The van der Waals surface area contributed by atoms with Crippen molar-refractivity contribution in [2.75, 3.05) is 11.1 Å². The van der Waals surface area contributed by atoms with E-state index in [-0.39, 0.29) is 11.7 Å². The standard InChI is InChI=1S/C8H6BrCl2NOS/c9-4-1-2-5(8(11)7(4)10)12-6(13)3-14/h1-2,14H,3H2,(H,12,13). The Morgan fingerprint density at radius 2 is 2.07 bits per heavy atom. The largest absolute Gasteiger partial charge is 0.324 e. The molecule has 0 aliphatic heterocycles. The van der Waals surface area contributed by atoms with Crippen LogP contribution in [0, 0.1) is 0 Å². The molecule has 1 aromatic carbocycles. The molecule has 0 atom stereocenters. The minimum absolute atomic E-state index is 0.101. The van der Waals surface area contributed by atoms with Crippen molar-refractivity contribution in [1.82, 2.24) is 0 Å². The van der Waals surface area contributed by atoms with Crippen molar-refractivity contribution >= 4 is 63.4 Å². The molecule has 0 radical (unpaired) electrons. The highest BCUT2D eigenvalue weighted by atomic mass is 79.9. The van der Waals surface area contributed by atoms with Crippen molar-refractivity contribution in [3.63, 3.8) is 0 Å². The molecule has 6 heteroatoms. The Hall–Kier alpha value is 0.1000. The molecule has 14 heavy (non-hydrogen) atoms. The van der Waals surface area contributed by atoms with E-state index < -0.39 is 0 Å². The number of carbonyl (C=O) groups is 1. The van der Waals surface area contributed by atoms with Gasteiger partial charge >= 0.3 is 0 Å². The summed E-state index contributed by atoms with van der Waals surface area (Å²) in [5.41, 5.74) is 0.485. The van der Waals surface area contributed by atoms with Gasteiger partial charge in [0.1, 0.15) is 0 Å². The molecule has 0 saturated carbocycles. The summed E-state index contributed by atoms with van der Waals surface area (Å²) < 4.78 is 0.688. The summed E-state index contributed by atoms with van der Waals surface area (Å²) in [7, 11) is 0. The van der Waals surface area contributed by atoms with Gasteiger partial charge in [-0.1, -0.05) is 23.2 Å². The molecule has 0 aromatic heterocycles. The summed E-state index contributed by atoms with van der Waals surface area (Å²) in [5.74, 6) is -0.127. The molecule has 0 aliphatic rings. The minimum Gasteiger partial charge on any atom is -0.324 e. The number of carbonyl (C=O) groups excluding carboxylic acids is 1. The lowest BCUT2D eigenvalue weighted by atomic mass is 10.3. The smallest absolute Gasteiger partial charge is 0.234 e. The molecular formula is C8H6BrCl2NOS. The van der Waals surface area contributed by atoms with Gasteiger partial charge < -0.3 is 5.32 Å². The highest BCUT2D eigenvalue weighted by Gasteiger charge is 2.09. The third-order valence-corrected chi connectivity index (χ3v) is 3.51. The van der Waals surface area contributed by atoms with Crippen LogP contribution < -0.4 is 5.32 Å². The summed E-state index contributed by atoms with van der Waals surface area (Å²) in [5, 5.41) is 3.27. The van der Waals surface area contributed by atoms with E-state index in [0.717, 1.165) is 0 Å². The molecule has 1 N–H and O–H groups in total. The van der Waals surface area contributed by atoms with Gasteiger partial charge in [0.25, 0.3) is 0 Å². The minimum atomic E-state index is -0.228. The predicted octanol–water partition coefficient (Wildman–Crippen LogP) is 3.62. The normalized spacial score (nSPS) is 10.0. The first-order valence-corrected chi connectivity index (χ1v) is 5.78. The molecule has 2 nitrogen and oxygen atoms in total. The average molecular weight is 315 g/mol. The highest BCUT2D eigenvalue weighted by Crippen LogP contribution is 2.35. The van der Waals surface area contributed by atoms with Gasteiger partial charge in [0, 0.05) is 4.47 Å². The third-order valence-electron chi connectivity index (χ3n) is 1.45. The molecule has 0 spiro atoms. The molecule has 0 fully saturated rings. The number of thiol groups is 1. The van der Waals surface area contributed by atoms with Crippen LogP contribution in [0.2, 0.25) is 10.0 Å². The lowest BCUT2D eigenvalue weighted by Gasteiger charge is -2.07. The van der Waals surface area contributed by atoms with Crippen molar-refractivity contribution in [2.45, 2.75) is 0 Å². The van der Waals surface area contributed by atoms with Crippen LogP contribution in [-0.4, -0.2) is 11.7 Å². The van der Waals surface area contributed by atoms with Crippen LogP contribution in [0.1, 0.15) is 0 Å². The second-order valence-corrected chi connectivity index (χ2v) is 4.36. The fourth-order valence-corrected chi connectivity index (χ4v) is 1.71. The van der Waals surface area contributed by atoms with Gasteiger partial charge in [-0.15, -0.1) is 0 Å². The molecule has 1 rings (SSSR count). The number of benzene rings is 1. The Labute approximate surface area is 106 Å². The van der Waals surface area contributed by atoms with E-state index in [1.54, 1.807) is 12.1 Å². The number of hydrogen-bond donors (Lipinski definition) is 2. The quantitative estimate of drug-likeness (QED) is 0.633. The van der Waals surface area contributed by atoms with Crippen molar-refractivity contribution in [1.29, 1.82) is 0 Å². The number of hydrogen-bond acceptors (Lipinski definition) is 2. The van der Waals surface area contributed by atoms with Gasteiger partial charge in [0.2, 0.25) is 5.91 Å². The SMILES string of the molecule is O=C(CS)Nc1ccc(Br)c(Cl)c1Cl. The molecule has 0 saturated heterocycles. The summed E-state index contributed by atoms with van der Waals surface area (Å²) in [6.45, 7) is 0. The van der Waals surface area contributed by atoms with E-state index in [1.165, 1.54) is 0 Å². The van der Waals surface area contributed by atoms with Crippen LogP contribution in [0.5, 0.6) is 0 Å². The Balaban J connectivity index is 3.00. The highest BCUT2D eigenvalue weighted by molar-refractivity contribution is 9.10. The molecule has 1 aromatic rings. The summed E-state index contributed by atoms with van der Waals surface area (Å²) >= 11 is 18.8. The van der Waals surface area contributed by atoms with Crippen LogP contribution in [0.15, 0.2) is 16.6 Å². The fourth-order valence-electron chi connectivity index (χ4n) is 0.812. The molecule has 0 bridgehead atoms. The number of rotatable bonds is 2. The zero-order valence-electron chi connectivity index (χ0n) is 6.85. The number of anilines is 1. The summed E-state index contributed by atoms with van der Waals surface area (Å²) in [4.78, 5) is 11.0. The Morgan fingerprint density at radius 1 is 1.43 bits per heavy atom. The lowest BCUT2D eigenvalue weighted by Crippen LogP contribution is -2.12. The summed E-state index contributed by atoms with van der Waals surface area (Å²) in [6.07, 6.45) is 0. The van der Waals surface area contributed by atoms with E-state index >= 15 is 0 Å². The Morgan fingerprint density at radius 3 is 2.64 bits per heavy atom. The molecule has 76 valence electrons. The monoisotopic (exact) mass is 313 g/mol. The summed E-state index contributed by atoms with van der Waals surface area (Å²) in [6, 6.07) is 3.38. The van der Waals surface area contributed by atoms with Crippen molar-refractivity contribution in [3.8, 4) is 0 Å². The van der Waals surface area contributed by atoms with E-state index in [9.17, 15) is 4.79 Å². The van der Waals surface area contributed by atoms with Crippen LogP contribution >= 0.6 is 51.8 Å². The maximum absolute atomic E-state index is 11.0. The maximum Gasteiger partial charge on any atom is 0.234 e. The van der Waals surface area contributed by atoms with Crippen molar-refractivity contribution < 1.29 is 4.79 Å². The van der Waals surface area contributed by atoms with Crippen LogP contribution in [-0.2, 0) is 4.79 Å². The second-order valence-electron chi connectivity index (χ2n) is 2.43. The number of amides is 1. The third kappa shape index (κ3) is 2.79. The van der Waals surface area contributed by atoms with E-state index in [0.29, 0.717) is 20.2 Å². The van der Waals surface area contributed by atoms with Gasteiger partial charge in [-0.3, -0.25) is 4.79 Å². The van der Waals surface area contributed by atoms with Crippen LogP contribution in [0.25, 0.3) is 0 Å². The fraction of sp³-hybridized carbons (Fsp3) is 0.125. The van der Waals surface area contributed by atoms with Gasteiger partial charge in [0.05, 0.1) is 21.5 Å². The molecular weight excluding hydrogens is 309 g/mol. The molecule has 0 unspecified atom stereocenters. The van der Waals surface area contributed by atoms with Crippen molar-refractivity contribution in [3.05, 3.63) is 26.7 Å². The van der Waals surface area contributed by atoms with Crippen LogP contribution in [0.3, 0.4) is 0 Å². The van der Waals surface area contributed by atoms with Gasteiger partial charge in [0.15, 0.2) is 0 Å². The number of halogens is 3. The topological polar surface area (TPSA) is 29.1 Å². The Kier molecular flexibility index (Phi) is 4.57. The first kappa shape index (κ1) is 12.2.